The van der Waals surface area contributed by atoms with Crippen LogP contribution in [0.1, 0.15) is 58.1 Å². The van der Waals surface area contributed by atoms with Crippen molar-refractivity contribution in [2.45, 2.75) is 53.1 Å². The van der Waals surface area contributed by atoms with Crippen LogP contribution in [0, 0.1) is 0 Å². The molecule has 0 fully saturated rings. The molecule has 0 nitrogen and oxygen atoms in total. The van der Waals surface area contributed by atoms with E-state index in [4.69, 9.17) is 0 Å². The minimum atomic E-state index is 1.08. The van der Waals surface area contributed by atoms with Crippen LogP contribution in [0.5, 0.6) is 0 Å². The highest BCUT2D eigenvalue weighted by Crippen LogP contribution is 2.23. The van der Waals surface area contributed by atoms with E-state index in [1.807, 2.05) is 0 Å². The average molecular weight is 288 g/mol. The first kappa shape index (κ1) is 17.2. The molecule has 20 heavy (non-hydrogen) atoms. The van der Waals surface area contributed by atoms with Crippen LogP contribution in [0.25, 0.3) is 5.57 Å². The van der Waals surface area contributed by atoms with Gasteiger partial charge in [-0.2, -0.15) is 0 Å². The van der Waals surface area contributed by atoms with Gasteiger partial charge in [-0.25, -0.2) is 0 Å². The lowest BCUT2D eigenvalue weighted by molar-refractivity contribution is 0.777. The molecular formula is C19H29P. The number of rotatable bonds is 8. The average Bonchev–Trinajstić information content (AvgIpc) is 2.47. The van der Waals surface area contributed by atoms with E-state index in [-0.39, 0.29) is 0 Å². The summed E-state index contributed by atoms with van der Waals surface area (Å²) in [5, 5.41) is 0. The Kier molecular flexibility index (Phi) is 8.54. The first-order valence-electron chi connectivity index (χ1n) is 7.79. The van der Waals surface area contributed by atoms with Crippen molar-refractivity contribution in [3.05, 3.63) is 53.1 Å². The Morgan fingerprint density at radius 1 is 1.10 bits per heavy atom. The number of unbranched alkanes of at least 4 members (excludes halogenated alkanes) is 2. The molecule has 1 rings (SSSR count). The molecule has 0 bridgehead atoms. The largest absolute Gasteiger partial charge is 0.118 e. The Balaban J connectivity index is 2.54. The fourth-order valence-corrected chi connectivity index (χ4v) is 3.41. The van der Waals surface area contributed by atoms with Gasteiger partial charge in [0.1, 0.15) is 0 Å². The molecule has 0 heterocycles. The molecule has 0 amide bonds. The lowest BCUT2D eigenvalue weighted by Gasteiger charge is -2.07. The van der Waals surface area contributed by atoms with Gasteiger partial charge in [0, 0.05) is 0 Å². The molecule has 0 saturated carbocycles. The van der Waals surface area contributed by atoms with Gasteiger partial charge in [0.25, 0.3) is 0 Å². The minimum Gasteiger partial charge on any atom is -0.118 e. The van der Waals surface area contributed by atoms with E-state index in [0.29, 0.717) is 0 Å². The zero-order valence-electron chi connectivity index (χ0n) is 13.5. The summed E-state index contributed by atoms with van der Waals surface area (Å²) in [4.78, 5) is 0. The third-order valence-electron chi connectivity index (χ3n) is 3.68. The van der Waals surface area contributed by atoms with Crippen molar-refractivity contribution in [1.29, 1.82) is 0 Å². The quantitative estimate of drug-likeness (QED) is 0.294. The number of allylic oxidation sites excluding steroid dienone is 4. The zero-order chi connectivity index (χ0) is 14.8. The van der Waals surface area contributed by atoms with Crippen LogP contribution in [-0.2, 0) is 6.16 Å². The fraction of sp³-hybridized carbons (Fsp3) is 0.474. The van der Waals surface area contributed by atoms with Crippen LogP contribution in [0.2, 0.25) is 0 Å². The molecule has 0 aliphatic carbocycles. The second-order valence-electron chi connectivity index (χ2n) is 5.39. The number of hydrogen-bond acceptors (Lipinski definition) is 0. The van der Waals surface area contributed by atoms with Gasteiger partial charge >= 0.3 is 0 Å². The summed E-state index contributed by atoms with van der Waals surface area (Å²) in [7, 11) is 1.08. The molecule has 0 aromatic heterocycles. The molecule has 1 aromatic rings. The van der Waals surface area contributed by atoms with Gasteiger partial charge in [-0.15, -0.1) is 8.58 Å². The van der Waals surface area contributed by atoms with Crippen LogP contribution in [0.15, 0.2) is 42.0 Å². The predicted octanol–water partition coefficient (Wildman–Crippen LogP) is 6.42. The Morgan fingerprint density at radius 3 is 2.40 bits per heavy atom. The first-order chi connectivity index (χ1) is 9.69. The second kappa shape index (κ2) is 9.94. The summed E-state index contributed by atoms with van der Waals surface area (Å²) < 4.78 is 0. The zero-order valence-corrected chi connectivity index (χ0v) is 14.5. The molecule has 1 atom stereocenters. The molecule has 0 spiro atoms. The van der Waals surface area contributed by atoms with Crippen LogP contribution in [0.4, 0.5) is 0 Å². The van der Waals surface area contributed by atoms with E-state index < -0.39 is 0 Å². The summed E-state index contributed by atoms with van der Waals surface area (Å²) in [6.07, 6.45) is 11.0. The summed E-state index contributed by atoms with van der Waals surface area (Å²) in [5.74, 6) is 0. The molecule has 0 N–H and O–H groups in total. The molecule has 0 radical (unpaired) electrons. The maximum atomic E-state index is 2.30. The van der Waals surface area contributed by atoms with Crippen LogP contribution >= 0.6 is 8.58 Å². The lowest BCUT2D eigenvalue weighted by atomic mass is 10.0. The van der Waals surface area contributed by atoms with Gasteiger partial charge in [0.15, 0.2) is 0 Å². The molecule has 0 aliphatic rings. The smallest absolute Gasteiger partial charge is 0.0101 e. The highest BCUT2D eigenvalue weighted by atomic mass is 31.1. The van der Waals surface area contributed by atoms with Crippen molar-refractivity contribution in [3.8, 4) is 0 Å². The highest BCUT2D eigenvalue weighted by molar-refractivity contribution is 7.37. The number of benzene rings is 1. The van der Waals surface area contributed by atoms with Crippen molar-refractivity contribution in [1.82, 2.24) is 0 Å². The van der Waals surface area contributed by atoms with E-state index >= 15 is 0 Å². The van der Waals surface area contributed by atoms with E-state index in [2.05, 4.69) is 64.1 Å². The normalized spacial score (nSPS) is 13.4. The van der Waals surface area contributed by atoms with Gasteiger partial charge in [-0.3, -0.25) is 0 Å². The Hall–Kier alpha value is -0.870. The summed E-state index contributed by atoms with van der Waals surface area (Å²) in [6, 6.07) is 9.14. The van der Waals surface area contributed by atoms with Gasteiger partial charge < -0.3 is 0 Å². The lowest BCUT2D eigenvalue weighted by Crippen LogP contribution is -1.86. The predicted molar refractivity (Wildman–Crippen MR) is 95.9 cm³/mol. The monoisotopic (exact) mass is 288 g/mol. The maximum absolute atomic E-state index is 2.30. The Morgan fingerprint density at radius 2 is 1.80 bits per heavy atom. The van der Waals surface area contributed by atoms with Crippen molar-refractivity contribution in [2.24, 2.45) is 0 Å². The Labute approximate surface area is 127 Å². The second-order valence-corrected chi connectivity index (χ2v) is 6.74. The summed E-state index contributed by atoms with van der Waals surface area (Å²) in [5.41, 5.74) is 5.56. The van der Waals surface area contributed by atoms with Gasteiger partial charge in [0.2, 0.25) is 0 Å². The highest BCUT2D eigenvalue weighted by Gasteiger charge is 1.99. The van der Waals surface area contributed by atoms with Gasteiger partial charge in [0.05, 0.1) is 0 Å². The van der Waals surface area contributed by atoms with Crippen LogP contribution in [0.3, 0.4) is 0 Å². The maximum Gasteiger partial charge on any atom is -0.0101 e. The summed E-state index contributed by atoms with van der Waals surface area (Å²) in [6.45, 7) is 8.72. The van der Waals surface area contributed by atoms with Gasteiger partial charge in [-0.05, 0) is 61.8 Å². The molecule has 0 saturated heterocycles. The Bertz CT molecular complexity index is 437. The SMILES string of the molecule is C/C=C\C(C)=C(/C)c1ccc(CPCCCCC)cc1. The molecule has 110 valence electrons. The first-order valence-corrected chi connectivity index (χ1v) is 9.20. The molecule has 1 aromatic carbocycles. The van der Waals surface area contributed by atoms with E-state index in [0.717, 1.165) is 8.58 Å². The van der Waals surface area contributed by atoms with Crippen molar-refractivity contribution >= 4 is 14.2 Å². The third kappa shape index (κ3) is 6.06. The minimum absolute atomic E-state index is 1.08. The van der Waals surface area contributed by atoms with Crippen molar-refractivity contribution in [2.75, 3.05) is 6.16 Å². The van der Waals surface area contributed by atoms with Crippen molar-refractivity contribution < 1.29 is 0 Å². The van der Waals surface area contributed by atoms with Gasteiger partial charge in [-0.1, -0.05) is 56.2 Å². The third-order valence-corrected chi connectivity index (χ3v) is 5.05. The fourth-order valence-electron chi connectivity index (χ4n) is 2.21. The topological polar surface area (TPSA) is 0 Å². The summed E-state index contributed by atoms with van der Waals surface area (Å²) >= 11 is 0. The molecule has 1 unspecified atom stereocenters. The standard InChI is InChI=1S/C19H29P/c1-5-7-8-14-20-15-18-10-12-19(13-11-18)17(4)16(3)9-6-2/h6,9-13,20H,5,7-8,14-15H2,1-4H3/b9-6-,17-16+. The van der Waals surface area contributed by atoms with E-state index in [9.17, 15) is 0 Å². The van der Waals surface area contributed by atoms with Crippen LogP contribution < -0.4 is 0 Å². The molecular weight excluding hydrogens is 259 g/mol. The molecule has 1 heteroatoms. The number of hydrogen-bond donors (Lipinski definition) is 0. The van der Waals surface area contributed by atoms with E-state index in [1.165, 1.54) is 53.9 Å². The van der Waals surface area contributed by atoms with E-state index in [1.54, 1.807) is 0 Å². The van der Waals surface area contributed by atoms with Crippen LogP contribution in [-0.4, -0.2) is 6.16 Å². The molecule has 0 aliphatic heterocycles. The van der Waals surface area contributed by atoms with Crippen molar-refractivity contribution in [3.63, 3.8) is 0 Å².